The Kier molecular flexibility index (Phi) is 4.87. The van der Waals surface area contributed by atoms with Crippen LogP contribution in [0.15, 0.2) is 53.4 Å². The van der Waals surface area contributed by atoms with Crippen LogP contribution in [0.4, 0.5) is 10.1 Å². The zero-order valence-corrected chi connectivity index (χ0v) is 14.4. The minimum absolute atomic E-state index is 0.246. The highest BCUT2D eigenvalue weighted by Gasteiger charge is 2.24. The minimum Gasteiger partial charge on any atom is -0.371 e. The normalized spacial score (nSPS) is 18.1. The summed E-state index contributed by atoms with van der Waals surface area (Å²) in [6.45, 7) is 3.95. The average Bonchev–Trinajstić information content (AvgIpc) is 3.03. The molecule has 0 bridgehead atoms. The first-order valence-electron chi connectivity index (χ1n) is 8.01. The molecule has 1 heterocycles. The zero-order chi connectivity index (χ0) is 17.2. The molecule has 1 fully saturated rings. The predicted molar refractivity (Wildman–Crippen MR) is 93.1 cm³/mol. The number of rotatable bonds is 5. The Morgan fingerprint density at radius 1 is 1.12 bits per heavy atom. The van der Waals surface area contributed by atoms with Crippen LogP contribution in [0, 0.1) is 18.7 Å². The Labute approximate surface area is 142 Å². The third-order valence-electron chi connectivity index (χ3n) is 4.37. The van der Waals surface area contributed by atoms with Gasteiger partial charge in [-0.05, 0) is 55.7 Å². The Balaban J connectivity index is 1.57. The summed E-state index contributed by atoms with van der Waals surface area (Å²) in [5.74, 6) is -0.00405. The van der Waals surface area contributed by atoms with Crippen LogP contribution in [-0.4, -0.2) is 28.1 Å². The van der Waals surface area contributed by atoms with Crippen LogP contribution in [0.5, 0.6) is 0 Å². The summed E-state index contributed by atoms with van der Waals surface area (Å²) in [6.07, 6.45) is 0.911. The third kappa shape index (κ3) is 3.94. The summed E-state index contributed by atoms with van der Waals surface area (Å²) in [5.41, 5.74) is 2.00. The number of benzene rings is 2. The van der Waals surface area contributed by atoms with Gasteiger partial charge in [0.2, 0.25) is 10.0 Å². The van der Waals surface area contributed by atoms with E-state index in [1.165, 1.54) is 12.1 Å². The lowest BCUT2D eigenvalue weighted by Crippen LogP contribution is -2.31. The molecular formula is C18H21FN2O2S. The maximum atomic E-state index is 13.0. The summed E-state index contributed by atoms with van der Waals surface area (Å²) in [7, 11) is -3.47. The van der Waals surface area contributed by atoms with E-state index in [1.54, 1.807) is 36.4 Å². The van der Waals surface area contributed by atoms with E-state index in [9.17, 15) is 12.8 Å². The van der Waals surface area contributed by atoms with E-state index in [2.05, 4.69) is 9.62 Å². The molecule has 128 valence electrons. The maximum Gasteiger partial charge on any atom is 0.240 e. The number of halogens is 1. The van der Waals surface area contributed by atoms with E-state index in [1.807, 2.05) is 6.92 Å². The molecule has 4 nitrogen and oxygen atoms in total. The molecule has 0 saturated carbocycles. The summed E-state index contributed by atoms with van der Waals surface area (Å²) >= 11 is 0. The van der Waals surface area contributed by atoms with Crippen LogP contribution in [0.25, 0.3) is 0 Å². The van der Waals surface area contributed by atoms with Crippen LogP contribution in [0.3, 0.4) is 0 Å². The van der Waals surface area contributed by atoms with E-state index in [0.29, 0.717) is 11.4 Å². The van der Waals surface area contributed by atoms with Crippen molar-refractivity contribution in [2.24, 2.45) is 5.92 Å². The molecule has 1 N–H and O–H groups in total. The number of nitrogens with zero attached hydrogens (tertiary/aromatic N) is 1. The number of anilines is 1. The largest absolute Gasteiger partial charge is 0.371 e. The first-order chi connectivity index (χ1) is 11.4. The number of nitrogens with one attached hydrogen (secondary N) is 1. The van der Waals surface area contributed by atoms with Crippen LogP contribution in [-0.2, 0) is 10.0 Å². The van der Waals surface area contributed by atoms with E-state index in [-0.39, 0.29) is 11.7 Å². The van der Waals surface area contributed by atoms with Gasteiger partial charge in [0, 0.05) is 25.3 Å². The van der Waals surface area contributed by atoms with Crippen molar-refractivity contribution in [2.75, 3.05) is 24.5 Å². The molecule has 2 aromatic rings. The fraction of sp³-hybridized carbons (Fsp3) is 0.333. The van der Waals surface area contributed by atoms with Gasteiger partial charge in [-0.2, -0.15) is 0 Å². The third-order valence-corrected chi connectivity index (χ3v) is 5.81. The van der Waals surface area contributed by atoms with Crippen molar-refractivity contribution >= 4 is 15.7 Å². The fourth-order valence-corrected chi connectivity index (χ4v) is 4.03. The van der Waals surface area contributed by atoms with Crippen LogP contribution >= 0.6 is 0 Å². The van der Waals surface area contributed by atoms with Gasteiger partial charge in [0.1, 0.15) is 5.82 Å². The molecule has 1 aliphatic heterocycles. The Bertz CT molecular complexity index is 789. The van der Waals surface area contributed by atoms with E-state index in [4.69, 9.17) is 0 Å². The first kappa shape index (κ1) is 16.9. The average molecular weight is 348 g/mol. The number of hydrogen-bond donors (Lipinski definition) is 1. The highest BCUT2D eigenvalue weighted by Crippen LogP contribution is 2.24. The molecule has 0 amide bonds. The van der Waals surface area contributed by atoms with Crippen molar-refractivity contribution in [2.45, 2.75) is 18.2 Å². The van der Waals surface area contributed by atoms with E-state index < -0.39 is 10.0 Å². The molecular weight excluding hydrogens is 327 g/mol. The van der Waals surface area contributed by atoms with Gasteiger partial charge in [-0.15, -0.1) is 0 Å². The van der Waals surface area contributed by atoms with E-state index >= 15 is 0 Å². The Morgan fingerprint density at radius 2 is 1.79 bits per heavy atom. The second-order valence-electron chi connectivity index (χ2n) is 6.24. The second-order valence-corrected chi connectivity index (χ2v) is 8.01. The summed E-state index contributed by atoms with van der Waals surface area (Å²) in [6, 6.07) is 13.2. The number of sulfonamides is 1. The van der Waals surface area contributed by atoms with Crippen molar-refractivity contribution < 1.29 is 12.8 Å². The quantitative estimate of drug-likeness (QED) is 0.904. The molecule has 24 heavy (non-hydrogen) atoms. The van der Waals surface area contributed by atoms with Gasteiger partial charge in [0.15, 0.2) is 0 Å². The molecule has 0 spiro atoms. The van der Waals surface area contributed by atoms with Gasteiger partial charge < -0.3 is 4.90 Å². The Hall–Kier alpha value is -1.92. The van der Waals surface area contributed by atoms with Crippen molar-refractivity contribution in [3.8, 4) is 0 Å². The van der Waals surface area contributed by atoms with Crippen molar-refractivity contribution in [3.05, 3.63) is 59.9 Å². The number of hydrogen-bond acceptors (Lipinski definition) is 3. The van der Waals surface area contributed by atoms with Crippen LogP contribution < -0.4 is 9.62 Å². The van der Waals surface area contributed by atoms with Crippen molar-refractivity contribution in [1.29, 1.82) is 0 Å². The van der Waals surface area contributed by atoms with Gasteiger partial charge in [0.25, 0.3) is 0 Å². The summed E-state index contributed by atoms with van der Waals surface area (Å²) < 4.78 is 40.3. The molecule has 0 aliphatic carbocycles. The lowest BCUT2D eigenvalue weighted by molar-refractivity contribution is 0.541. The van der Waals surface area contributed by atoms with Gasteiger partial charge in [-0.3, -0.25) is 0 Å². The SMILES string of the molecule is Cc1ccc(S(=O)(=O)NCC2CCN(c3ccc(F)cc3)C2)cc1. The standard InChI is InChI=1S/C18H21FN2O2S/c1-14-2-8-18(9-3-14)24(22,23)20-12-15-10-11-21(13-15)17-6-4-16(19)5-7-17/h2-9,15,20H,10-13H2,1H3. The number of aryl methyl sites for hydroxylation is 1. The maximum absolute atomic E-state index is 13.0. The molecule has 3 rings (SSSR count). The van der Waals surface area contributed by atoms with Crippen molar-refractivity contribution in [3.63, 3.8) is 0 Å². The van der Waals surface area contributed by atoms with Gasteiger partial charge >= 0.3 is 0 Å². The molecule has 2 aromatic carbocycles. The van der Waals surface area contributed by atoms with Crippen molar-refractivity contribution in [1.82, 2.24) is 4.72 Å². The second kappa shape index (κ2) is 6.91. The first-order valence-corrected chi connectivity index (χ1v) is 9.49. The highest BCUT2D eigenvalue weighted by atomic mass is 32.2. The molecule has 6 heteroatoms. The smallest absolute Gasteiger partial charge is 0.240 e. The predicted octanol–water partition coefficient (Wildman–Crippen LogP) is 2.94. The fourth-order valence-electron chi connectivity index (χ4n) is 2.91. The monoisotopic (exact) mass is 348 g/mol. The highest BCUT2D eigenvalue weighted by molar-refractivity contribution is 7.89. The molecule has 1 atom stereocenters. The lowest BCUT2D eigenvalue weighted by atomic mass is 10.1. The minimum atomic E-state index is -3.47. The topological polar surface area (TPSA) is 49.4 Å². The molecule has 0 aromatic heterocycles. The van der Waals surface area contributed by atoms with Crippen LogP contribution in [0.2, 0.25) is 0 Å². The lowest BCUT2D eigenvalue weighted by Gasteiger charge is -2.19. The van der Waals surface area contributed by atoms with Gasteiger partial charge in [0.05, 0.1) is 4.90 Å². The van der Waals surface area contributed by atoms with E-state index in [0.717, 1.165) is 30.8 Å². The molecule has 1 unspecified atom stereocenters. The summed E-state index contributed by atoms with van der Waals surface area (Å²) in [5, 5.41) is 0. The molecule has 1 saturated heterocycles. The Morgan fingerprint density at radius 3 is 2.46 bits per heavy atom. The molecule has 1 aliphatic rings. The zero-order valence-electron chi connectivity index (χ0n) is 13.6. The van der Waals surface area contributed by atoms with Gasteiger partial charge in [-0.25, -0.2) is 17.5 Å². The molecule has 0 radical (unpaired) electrons. The van der Waals surface area contributed by atoms with Gasteiger partial charge in [-0.1, -0.05) is 17.7 Å². The summed E-state index contributed by atoms with van der Waals surface area (Å²) in [4.78, 5) is 2.45. The van der Waals surface area contributed by atoms with Crippen LogP contribution in [0.1, 0.15) is 12.0 Å².